The molecule has 0 aliphatic heterocycles. The van der Waals surface area contributed by atoms with Gasteiger partial charge in [0.05, 0.1) is 0 Å². The molecule has 1 aliphatic carbocycles. The molecule has 1 aromatic rings. The average Bonchev–Trinajstić information content (AvgIpc) is 2.45. The molecule has 1 heterocycles. The summed E-state index contributed by atoms with van der Waals surface area (Å²) in [5.41, 5.74) is 0. The van der Waals surface area contributed by atoms with Crippen LogP contribution < -0.4 is 0 Å². The van der Waals surface area contributed by atoms with Crippen molar-refractivity contribution in [1.82, 2.24) is 10.1 Å². The largest absolute Gasteiger partial charge is 0.337 e. The zero-order chi connectivity index (χ0) is 7.19. The van der Waals surface area contributed by atoms with Gasteiger partial charge in [0, 0.05) is 0 Å². The van der Waals surface area contributed by atoms with E-state index in [1.54, 1.807) is 6.92 Å². The van der Waals surface area contributed by atoms with Gasteiger partial charge in [-0.1, -0.05) is 5.16 Å². The molecule has 3 nitrogen and oxygen atoms in total. The van der Waals surface area contributed by atoms with Crippen LogP contribution in [-0.2, 0) is 4.87 Å². The molecular weight excluding hydrogens is 152 g/mol. The first-order valence-corrected chi connectivity index (χ1v) is 3.58. The third-order valence-corrected chi connectivity index (χ3v) is 2.14. The van der Waals surface area contributed by atoms with Gasteiger partial charge in [0.25, 0.3) is 0 Å². The van der Waals surface area contributed by atoms with E-state index in [0.717, 1.165) is 12.8 Å². The van der Waals surface area contributed by atoms with E-state index in [0.29, 0.717) is 11.7 Å². The fourth-order valence-corrected chi connectivity index (χ4v) is 0.974. The van der Waals surface area contributed by atoms with Gasteiger partial charge in [0.2, 0.25) is 5.89 Å². The quantitative estimate of drug-likeness (QED) is 0.583. The summed E-state index contributed by atoms with van der Waals surface area (Å²) in [6, 6.07) is 0. The van der Waals surface area contributed by atoms with Crippen LogP contribution in [0.2, 0.25) is 0 Å². The molecule has 0 amide bonds. The Morgan fingerprint density at radius 3 is 2.70 bits per heavy atom. The minimum atomic E-state index is -0.304. The van der Waals surface area contributed by atoms with E-state index < -0.39 is 0 Å². The van der Waals surface area contributed by atoms with Gasteiger partial charge in [-0.3, -0.25) is 0 Å². The van der Waals surface area contributed by atoms with Crippen LogP contribution in [0.15, 0.2) is 4.52 Å². The number of nitrogens with zero attached hydrogens (tertiary/aromatic N) is 2. The fraction of sp³-hybridized carbons (Fsp3) is 0.667. The van der Waals surface area contributed by atoms with Crippen LogP contribution in [0.3, 0.4) is 0 Å². The molecule has 0 N–H and O–H groups in total. The Morgan fingerprint density at radius 1 is 1.60 bits per heavy atom. The van der Waals surface area contributed by atoms with Crippen LogP contribution in [0.1, 0.15) is 24.6 Å². The van der Waals surface area contributed by atoms with Crippen molar-refractivity contribution in [3.63, 3.8) is 0 Å². The van der Waals surface area contributed by atoms with Crippen LogP contribution in [0.5, 0.6) is 0 Å². The van der Waals surface area contributed by atoms with Gasteiger partial charge in [0.15, 0.2) is 5.82 Å². The molecule has 1 aliphatic rings. The number of alkyl halides is 1. The lowest BCUT2D eigenvalue weighted by atomic mass is 10.4. The zero-order valence-electron chi connectivity index (χ0n) is 5.59. The standard InChI is InChI=1S/C6H7ClN2O/c1-4-8-5(10-9-4)6(7)2-3-6/h2-3H2,1H3. The summed E-state index contributed by atoms with van der Waals surface area (Å²) in [4.78, 5) is 3.73. The Hall–Kier alpha value is -0.570. The summed E-state index contributed by atoms with van der Waals surface area (Å²) in [6.07, 6.45) is 1.91. The molecule has 0 aromatic carbocycles. The second kappa shape index (κ2) is 1.72. The summed E-state index contributed by atoms with van der Waals surface area (Å²) in [5.74, 6) is 1.23. The topological polar surface area (TPSA) is 38.9 Å². The van der Waals surface area contributed by atoms with Crippen LogP contribution in [0, 0.1) is 6.92 Å². The minimum absolute atomic E-state index is 0.304. The van der Waals surface area contributed by atoms with Crippen LogP contribution in [0.25, 0.3) is 0 Å². The van der Waals surface area contributed by atoms with Gasteiger partial charge in [-0.05, 0) is 19.8 Å². The smallest absolute Gasteiger partial charge is 0.247 e. The highest BCUT2D eigenvalue weighted by Gasteiger charge is 2.47. The van der Waals surface area contributed by atoms with Gasteiger partial charge >= 0.3 is 0 Å². The van der Waals surface area contributed by atoms with Crippen molar-refractivity contribution in [3.8, 4) is 0 Å². The molecule has 10 heavy (non-hydrogen) atoms. The normalized spacial score (nSPS) is 21.0. The molecule has 4 heteroatoms. The van der Waals surface area contributed by atoms with Gasteiger partial charge < -0.3 is 4.52 Å². The number of aromatic nitrogens is 2. The molecule has 0 radical (unpaired) electrons. The van der Waals surface area contributed by atoms with E-state index in [9.17, 15) is 0 Å². The fourth-order valence-electron chi connectivity index (χ4n) is 0.803. The lowest BCUT2D eigenvalue weighted by Crippen LogP contribution is -1.95. The number of rotatable bonds is 1. The Labute approximate surface area is 63.4 Å². The van der Waals surface area contributed by atoms with Crippen LogP contribution in [0.4, 0.5) is 0 Å². The van der Waals surface area contributed by atoms with Gasteiger partial charge in [-0.25, -0.2) is 0 Å². The first-order chi connectivity index (χ1) is 4.71. The second-order valence-electron chi connectivity index (χ2n) is 2.61. The Bertz CT molecular complexity index is 254. The minimum Gasteiger partial charge on any atom is -0.337 e. The summed E-state index contributed by atoms with van der Waals surface area (Å²) in [6.45, 7) is 1.79. The Morgan fingerprint density at radius 2 is 2.30 bits per heavy atom. The van der Waals surface area contributed by atoms with Crippen molar-refractivity contribution in [1.29, 1.82) is 0 Å². The van der Waals surface area contributed by atoms with Crippen molar-refractivity contribution in [2.24, 2.45) is 0 Å². The van der Waals surface area contributed by atoms with Gasteiger partial charge in [-0.15, -0.1) is 11.6 Å². The maximum atomic E-state index is 5.99. The Kier molecular flexibility index (Phi) is 1.06. The third kappa shape index (κ3) is 0.814. The predicted molar refractivity (Wildman–Crippen MR) is 35.8 cm³/mol. The molecule has 54 valence electrons. The predicted octanol–water partition coefficient (Wildman–Crippen LogP) is 1.61. The second-order valence-corrected chi connectivity index (χ2v) is 3.34. The van der Waals surface area contributed by atoms with Crippen molar-refractivity contribution >= 4 is 11.6 Å². The van der Waals surface area contributed by atoms with Crippen LogP contribution in [-0.4, -0.2) is 10.1 Å². The molecule has 0 spiro atoms. The molecule has 1 aromatic heterocycles. The highest BCUT2D eigenvalue weighted by atomic mass is 35.5. The summed E-state index contributed by atoms with van der Waals surface area (Å²) in [5, 5.41) is 3.65. The molecule has 1 fully saturated rings. The molecule has 0 unspecified atom stereocenters. The number of halogens is 1. The van der Waals surface area contributed by atoms with E-state index in [1.165, 1.54) is 0 Å². The van der Waals surface area contributed by atoms with E-state index >= 15 is 0 Å². The molecule has 0 atom stereocenters. The SMILES string of the molecule is Cc1noc(C2(Cl)CC2)n1. The van der Waals surface area contributed by atoms with Crippen molar-refractivity contribution in [3.05, 3.63) is 11.7 Å². The van der Waals surface area contributed by atoms with Crippen LogP contribution >= 0.6 is 11.6 Å². The summed E-state index contributed by atoms with van der Waals surface area (Å²) >= 11 is 5.99. The third-order valence-electron chi connectivity index (χ3n) is 1.60. The zero-order valence-corrected chi connectivity index (χ0v) is 6.35. The average molecular weight is 159 g/mol. The highest BCUT2D eigenvalue weighted by molar-refractivity contribution is 6.25. The molecular formula is C6H7ClN2O. The maximum absolute atomic E-state index is 5.99. The highest BCUT2D eigenvalue weighted by Crippen LogP contribution is 2.51. The van der Waals surface area contributed by atoms with E-state index in [2.05, 4.69) is 10.1 Å². The lowest BCUT2D eigenvalue weighted by molar-refractivity contribution is 0.368. The summed E-state index contributed by atoms with van der Waals surface area (Å²) in [7, 11) is 0. The Balaban J connectivity index is 2.34. The molecule has 0 saturated heterocycles. The van der Waals surface area contributed by atoms with E-state index in [4.69, 9.17) is 16.1 Å². The first-order valence-electron chi connectivity index (χ1n) is 3.20. The molecule has 1 saturated carbocycles. The molecule has 2 rings (SSSR count). The van der Waals surface area contributed by atoms with Crippen molar-refractivity contribution in [2.45, 2.75) is 24.6 Å². The number of aryl methyl sites for hydroxylation is 1. The summed E-state index contributed by atoms with van der Waals surface area (Å²) < 4.78 is 4.90. The lowest BCUT2D eigenvalue weighted by Gasteiger charge is -1.93. The first kappa shape index (κ1) is 6.16. The van der Waals surface area contributed by atoms with Crippen molar-refractivity contribution < 1.29 is 4.52 Å². The maximum Gasteiger partial charge on any atom is 0.247 e. The van der Waals surface area contributed by atoms with Gasteiger partial charge in [-0.2, -0.15) is 4.98 Å². The van der Waals surface area contributed by atoms with E-state index in [1.807, 2.05) is 0 Å². The number of hydrogen-bond acceptors (Lipinski definition) is 3. The monoisotopic (exact) mass is 158 g/mol. The van der Waals surface area contributed by atoms with E-state index in [-0.39, 0.29) is 4.87 Å². The van der Waals surface area contributed by atoms with Crippen molar-refractivity contribution in [2.75, 3.05) is 0 Å². The number of hydrogen-bond donors (Lipinski definition) is 0. The van der Waals surface area contributed by atoms with Gasteiger partial charge in [0.1, 0.15) is 4.87 Å². The molecule has 0 bridgehead atoms.